The van der Waals surface area contributed by atoms with Gasteiger partial charge in [-0.25, -0.2) is 4.79 Å². The largest absolute Gasteiger partial charge is 0.398 e. The Bertz CT molecular complexity index is 597. The van der Waals surface area contributed by atoms with Crippen molar-refractivity contribution in [1.29, 1.82) is 0 Å². The summed E-state index contributed by atoms with van der Waals surface area (Å²) in [4.78, 5) is 12.0. The molecule has 0 spiro atoms. The number of hydrogen-bond donors (Lipinski definition) is 4. The van der Waals surface area contributed by atoms with Gasteiger partial charge < -0.3 is 22.1 Å². The van der Waals surface area contributed by atoms with Crippen molar-refractivity contribution < 1.29 is 4.79 Å². The summed E-state index contributed by atoms with van der Waals surface area (Å²) >= 11 is 0. The van der Waals surface area contributed by atoms with Crippen LogP contribution < -0.4 is 22.1 Å². The Labute approximate surface area is 118 Å². The standard InChI is InChI=1S/C15H18N4O/c1-9-11(16)5-3-7-13(9)18-15(20)19-14-8-4-6-12(17)10(14)2/h3-8H,16-17H2,1-2H3,(H2,18,19,20). The van der Waals surface area contributed by atoms with Crippen LogP contribution in [0.1, 0.15) is 11.1 Å². The zero-order chi connectivity index (χ0) is 14.7. The number of amides is 2. The topological polar surface area (TPSA) is 93.2 Å². The van der Waals surface area contributed by atoms with E-state index in [1.807, 2.05) is 13.8 Å². The zero-order valence-electron chi connectivity index (χ0n) is 11.5. The molecule has 0 bridgehead atoms. The lowest BCUT2D eigenvalue weighted by atomic mass is 10.1. The first-order chi connectivity index (χ1) is 9.49. The van der Waals surface area contributed by atoms with Gasteiger partial charge in [-0.1, -0.05) is 12.1 Å². The van der Waals surface area contributed by atoms with Gasteiger partial charge in [-0.05, 0) is 49.2 Å². The SMILES string of the molecule is Cc1c(N)cccc1NC(=O)Nc1cccc(N)c1C. The van der Waals surface area contributed by atoms with E-state index in [0.29, 0.717) is 22.7 Å². The van der Waals surface area contributed by atoms with Crippen LogP contribution in [0, 0.1) is 13.8 Å². The fraction of sp³-hybridized carbons (Fsp3) is 0.133. The lowest BCUT2D eigenvalue weighted by molar-refractivity contribution is 0.262. The van der Waals surface area contributed by atoms with E-state index in [0.717, 1.165) is 11.1 Å². The summed E-state index contributed by atoms with van der Waals surface area (Å²) in [5, 5.41) is 5.55. The minimum atomic E-state index is -0.326. The number of nitrogens with one attached hydrogen (secondary N) is 2. The van der Waals surface area contributed by atoms with Gasteiger partial charge in [0.2, 0.25) is 0 Å². The molecule has 0 radical (unpaired) electrons. The third-order valence-electron chi connectivity index (χ3n) is 3.25. The van der Waals surface area contributed by atoms with E-state index >= 15 is 0 Å². The maximum absolute atomic E-state index is 12.0. The number of benzene rings is 2. The highest BCUT2D eigenvalue weighted by Gasteiger charge is 2.08. The van der Waals surface area contributed by atoms with Crippen molar-refractivity contribution in [2.75, 3.05) is 22.1 Å². The van der Waals surface area contributed by atoms with Gasteiger partial charge in [0.1, 0.15) is 0 Å². The third-order valence-corrected chi connectivity index (χ3v) is 3.25. The molecule has 0 fully saturated rings. The summed E-state index contributed by atoms with van der Waals surface area (Å²) in [6.07, 6.45) is 0. The maximum Gasteiger partial charge on any atom is 0.323 e. The smallest absolute Gasteiger partial charge is 0.323 e. The van der Waals surface area contributed by atoms with E-state index in [1.54, 1.807) is 36.4 Å². The predicted molar refractivity (Wildman–Crippen MR) is 83.8 cm³/mol. The molecule has 0 heterocycles. The molecule has 0 saturated carbocycles. The highest BCUT2D eigenvalue weighted by Crippen LogP contribution is 2.22. The van der Waals surface area contributed by atoms with Crippen molar-refractivity contribution in [2.24, 2.45) is 0 Å². The molecule has 104 valence electrons. The highest BCUT2D eigenvalue weighted by atomic mass is 16.2. The molecule has 20 heavy (non-hydrogen) atoms. The molecule has 0 unspecified atom stereocenters. The van der Waals surface area contributed by atoms with Crippen molar-refractivity contribution >= 4 is 28.8 Å². The summed E-state index contributed by atoms with van der Waals surface area (Å²) in [5.74, 6) is 0. The molecule has 6 N–H and O–H groups in total. The van der Waals surface area contributed by atoms with Gasteiger partial charge >= 0.3 is 6.03 Å². The van der Waals surface area contributed by atoms with E-state index < -0.39 is 0 Å². The van der Waals surface area contributed by atoms with Crippen LogP contribution in [0.3, 0.4) is 0 Å². The molecule has 0 atom stereocenters. The number of urea groups is 1. The van der Waals surface area contributed by atoms with Gasteiger partial charge in [0.05, 0.1) is 0 Å². The summed E-state index contributed by atoms with van der Waals surface area (Å²) < 4.78 is 0. The summed E-state index contributed by atoms with van der Waals surface area (Å²) in [7, 11) is 0. The third kappa shape index (κ3) is 2.83. The van der Waals surface area contributed by atoms with Crippen molar-refractivity contribution in [3.05, 3.63) is 47.5 Å². The molecule has 2 aromatic rings. The fourth-order valence-corrected chi connectivity index (χ4v) is 1.85. The van der Waals surface area contributed by atoms with Crippen LogP contribution in [-0.4, -0.2) is 6.03 Å². The Morgan fingerprint density at radius 1 is 0.850 bits per heavy atom. The average Bonchev–Trinajstić information content (AvgIpc) is 2.40. The summed E-state index contributed by atoms with van der Waals surface area (Å²) in [5.41, 5.74) is 15.9. The van der Waals surface area contributed by atoms with E-state index in [2.05, 4.69) is 10.6 Å². The molecule has 0 saturated heterocycles. The average molecular weight is 270 g/mol. The van der Waals surface area contributed by atoms with Crippen LogP contribution in [0.2, 0.25) is 0 Å². The lowest BCUT2D eigenvalue weighted by Crippen LogP contribution is -2.20. The number of rotatable bonds is 2. The van der Waals surface area contributed by atoms with Crippen molar-refractivity contribution in [1.82, 2.24) is 0 Å². The molecule has 0 aromatic heterocycles. The first-order valence-corrected chi connectivity index (χ1v) is 6.27. The minimum Gasteiger partial charge on any atom is -0.398 e. The van der Waals surface area contributed by atoms with Crippen LogP contribution in [0.5, 0.6) is 0 Å². The first-order valence-electron chi connectivity index (χ1n) is 6.27. The molecular formula is C15H18N4O. The Morgan fingerprint density at radius 3 is 1.65 bits per heavy atom. The highest BCUT2D eigenvalue weighted by molar-refractivity contribution is 6.01. The Balaban J connectivity index is 2.13. The van der Waals surface area contributed by atoms with Crippen LogP contribution >= 0.6 is 0 Å². The molecule has 0 aliphatic rings. The lowest BCUT2D eigenvalue weighted by Gasteiger charge is -2.13. The number of carbonyl (C=O) groups excluding carboxylic acids is 1. The van der Waals surface area contributed by atoms with Crippen LogP contribution in [0.15, 0.2) is 36.4 Å². The summed E-state index contributed by atoms with van der Waals surface area (Å²) in [6, 6.07) is 10.5. The number of nitrogens with two attached hydrogens (primary N) is 2. The number of carbonyl (C=O) groups is 1. The summed E-state index contributed by atoms with van der Waals surface area (Å²) in [6.45, 7) is 3.72. The quantitative estimate of drug-likeness (QED) is 0.632. The molecule has 0 aliphatic heterocycles. The first kappa shape index (κ1) is 13.7. The van der Waals surface area contributed by atoms with Crippen molar-refractivity contribution in [2.45, 2.75) is 13.8 Å². The van der Waals surface area contributed by atoms with E-state index in [4.69, 9.17) is 11.5 Å². The van der Waals surface area contributed by atoms with Crippen LogP contribution in [0.25, 0.3) is 0 Å². The number of nitrogen functional groups attached to an aromatic ring is 2. The molecule has 2 aromatic carbocycles. The van der Waals surface area contributed by atoms with Crippen LogP contribution in [0.4, 0.5) is 27.5 Å². The maximum atomic E-state index is 12.0. The van der Waals surface area contributed by atoms with E-state index in [9.17, 15) is 4.79 Å². The molecule has 5 nitrogen and oxygen atoms in total. The van der Waals surface area contributed by atoms with Crippen LogP contribution in [-0.2, 0) is 0 Å². The van der Waals surface area contributed by atoms with E-state index in [1.165, 1.54) is 0 Å². The van der Waals surface area contributed by atoms with E-state index in [-0.39, 0.29) is 6.03 Å². The Kier molecular flexibility index (Phi) is 3.79. The normalized spacial score (nSPS) is 10.1. The van der Waals surface area contributed by atoms with Crippen molar-refractivity contribution in [3.8, 4) is 0 Å². The van der Waals surface area contributed by atoms with Gasteiger partial charge in [0.25, 0.3) is 0 Å². The zero-order valence-corrected chi connectivity index (χ0v) is 11.5. The molecular weight excluding hydrogens is 252 g/mol. The Morgan fingerprint density at radius 2 is 1.25 bits per heavy atom. The molecule has 5 heteroatoms. The molecule has 2 rings (SSSR count). The van der Waals surface area contributed by atoms with Gasteiger partial charge in [-0.2, -0.15) is 0 Å². The van der Waals surface area contributed by atoms with Gasteiger partial charge in [-0.15, -0.1) is 0 Å². The predicted octanol–water partition coefficient (Wildman–Crippen LogP) is 3.11. The second kappa shape index (κ2) is 5.52. The number of anilines is 4. The fourth-order valence-electron chi connectivity index (χ4n) is 1.85. The molecule has 2 amide bonds. The second-order valence-electron chi connectivity index (χ2n) is 4.62. The van der Waals surface area contributed by atoms with Crippen molar-refractivity contribution in [3.63, 3.8) is 0 Å². The van der Waals surface area contributed by atoms with Gasteiger partial charge in [0, 0.05) is 22.7 Å². The minimum absolute atomic E-state index is 0.326. The number of hydrogen-bond acceptors (Lipinski definition) is 3. The van der Waals surface area contributed by atoms with Gasteiger partial charge in [0.15, 0.2) is 0 Å². The van der Waals surface area contributed by atoms with Gasteiger partial charge in [-0.3, -0.25) is 0 Å². The molecule has 0 aliphatic carbocycles. The Hall–Kier alpha value is -2.69. The second-order valence-corrected chi connectivity index (χ2v) is 4.62. The monoisotopic (exact) mass is 270 g/mol.